The van der Waals surface area contributed by atoms with Crippen molar-refractivity contribution in [3.8, 4) is 0 Å². The fourth-order valence-corrected chi connectivity index (χ4v) is 1.65. The fraction of sp³-hybridized carbons (Fsp3) is 0.636. The van der Waals surface area contributed by atoms with Gasteiger partial charge in [-0.1, -0.05) is 12.1 Å². The molecule has 5 nitrogen and oxygen atoms in total. The Morgan fingerprint density at radius 1 is 1.71 bits per heavy atom. The van der Waals surface area contributed by atoms with Gasteiger partial charge >= 0.3 is 0 Å². The van der Waals surface area contributed by atoms with Gasteiger partial charge in [-0.15, -0.1) is 11.6 Å². The fourth-order valence-electron chi connectivity index (χ4n) is 1.28. The minimum Gasteiger partial charge on any atom is -0.377 e. The van der Waals surface area contributed by atoms with Crippen LogP contribution in [-0.4, -0.2) is 30.6 Å². The Morgan fingerprint density at radius 3 is 3.12 bits per heavy atom. The molecule has 1 rings (SSSR count). The molecular weight excluding hydrogens is 244 g/mol. The Kier molecular flexibility index (Phi) is 6.00. The molecule has 0 radical (unpaired) electrons. The van der Waals surface area contributed by atoms with Crippen molar-refractivity contribution >= 4 is 17.5 Å². The van der Waals surface area contributed by atoms with Gasteiger partial charge in [-0.25, -0.2) is 0 Å². The van der Waals surface area contributed by atoms with E-state index in [0.717, 1.165) is 6.42 Å². The van der Waals surface area contributed by atoms with Crippen molar-refractivity contribution < 1.29 is 14.1 Å². The molecule has 1 atom stereocenters. The largest absolute Gasteiger partial charge is 0.377 e. The van der Waals surface area contributed by atoms with E-state index in [2.05, 4.69) is 10.5 Å². The molecule has 1 amide bonds. The molecule has 6 heteroatoms. The van der Waals surface area contributed by atoms with Crippen LogP contribution in [0.2, 0.25) is 0 Å². The number of hydrogen-bond donors (Lipinski definition) is 1. The van der Waals surface area contributed by atoms with Crippen molar-refractivity contribution in [3.05, 3.63) is 17.5 Å². The standard InChI is InChI=1S/C11H17ClN2O3/c1-8(3-4-12)6-13-11(15)10-5-9(7-16-2)17-14-10/h5,8H,3-4,6-7H2,1-2H3,(H,13,15). The number of aromatic nitrogens is 1. The molecule has 1 unspecified atom stereocenters. The molecule has 1 aromatic rings. The topological polar surface area (TPSA) is 64.4 Å². The molecule has 17 heavy (non-hydrogen) atoms. The van der Waals surface area contributed by atoms with Gasteiger partial charge in [0.1, 0.15) is 6.61 Å². The highest BCUT2D eigenvalue weighted by atomic mass is 35.5. The van der Waals surface area contributed by atoms with E-state index in [4.69, 9.17) is 20.9 Å². The van der Waals surface area contributed by atoms with E-state index in [-0.39, 0.29) is 11.6 Å². The lowest BCUT2D eigenvalue weighted by Gasteiger charge is -2.09. The van der Waals surface area contributed by atoms with Crippen LogP contribution in [0.1, 0.15) is 29.6 Å². The number of nitrogens with one attached hydrogen (secondary N) is 1. The summed E-state index contributed by atoms with van der Waals surface area (Å²) in [6.45, 7) is 2.92. The minimum atomic E-state index is -0.238. The van der Waals surface area contributed by atoms with Crippen LogP contribution in [0.5, 0.6) is 0 Å². The molecule has 1 N–H and O–H groups in total. The van der Waals surface area contributed by atoms with Gasteiger partial charge in [-0.05, 0) is 12.3 Å². The third kappa shape index (κ3) is 4.75. The normalized spacial score (nSPS) is 12.4. The quantitative estimate of drug-likeness (QED) is 0.760. The Bertz CT molecular complexity index is 354. The van der Waals surface area contributed by atoms with Crippen LogP contribution in [0, 0.1) is 5.92 Å². The minimum absolute atomic E-state index is 0.238. The maximum absolute atomic E-state index is 11.7. The zero-order chi connectivity index (χ0) is 12.7. The molecule has 1 aromatic heterocycles. The van der Waals surface area contributed by atoms with Crippen LogP contribution in [-0.2, 0) is 11.3 Å². The van der Waals surface area contributed by atoms with Gasteiger partial charge in [-0.2, -0.15) is 0 Å². The van der Waals surface area contributed by atoms with Crippen molar-refractivity contribution in [2.75, 3.05) is 19.5 Å². The molecule has 1 heterocycles. The van der Waals surface area contributed by atoms with Crippen LogP contribution >= 0.6 is 11.6 Å². The second-order valence-corrected chi connectivity index (χ2v) is 4.28. The number of halogens is 1. The summed E-state index contributed by atoms with van der Waals surface area (Å²) in [5, 5.41) is 6.44. The number of carbonyl (C=O) groups excluding carboxylic acids is 1. The first kappa shape index (κ1) is 14.0. The first-order valence-electron chi connectivity index (χ1n) is 5.46. The third-order valence-corrected chi connectivity index (χ3v) is 2.51. The van der Waals surface area contributed by atoms with Gasteiger partial charge < -0.3 is 14.6 Å². The molecule has 0 bridgehead atoms. The van der Waals surface area contributed by atoms with Gasteiger partial charge in [0.15, 0.2) is 11.5 Å². The Morgan fingerprint density at radius 2 is 2.47 bits per heavy atom. The molecule has 0 saturated heterocycles. The van der Waals surface area contributed by atoms with E-state index in [0.29, 0.717) is 30.7 Å². The number of methoxy groups -OCH3 is 1. The van der Waals surface area contributed by atoms with Gasteiger partial charge in [0.05, 0.1) is 0 Å². The van der Waals surface area contributed by atoms with Crippen molar-refractivity contribution in [1.82, 2.24) is 10.5 Å². The Balaban J connectivity index is 2.40. The number of carbonyl (C=O) groups is 1. The Labute approximate surface area is 105 Å². The van der Waals surface area contributed by atoms with E-state index < -0.39 is 0 Å². The van der Waals surface area contributed by atoms with Crippen LogP contribution in [0.3, 0.4) is 0 Å². The highest BCUT2D eigenvalue weighted by molar-refractivity contribution is 6.17. The highest BCUT2D eigenvalue weighted by Gasteiger charge is 2.13. The maximum Gasteiger partial charge on any atom is 0.273 e. The number of alkyl halides is 1. The SMILES string of the molecule is COCc1cc(C(=O)NCC(C)CCCl)no1. The molecule has 0 fully saturated rings. The average Bonchev–Trinajstić information content (AvgIpc) is 2.75. The molecule has 0 aliphatic carbocycles. The van der Waals surface area contributed by atoms with Crippen LogP contribution in [0.25, 0.3) is 0 Å². The molecule has 0 aliphatic heterocycles. The van der Waals surface area contributed by atoms with Gasteiger partial charge in [0.2, 0.25) is 0 Å². The second-order valence-electron chi connectivity index (χ2n) is 3.90. The van der Waals surface area contributed by atoms with Gasteiger partial charge in [0.25, 0.3) is 5.91 Å². The molecule has 96 valence electrons. The number of hydrogen-bond acceptors (Lipinski definition) is 4. The zero-order valence-corrected chi connectivity index (χ0v) is 10.8. The lowest BCUT2D eigenvalue weighted by Crippen LogP contribution is -2.28. The molecule has 0 saturated carbocycles. The summed E-state index contributed by atoms with van der Waals surface area (Å²) in [5.74, 6) is 1.24. The van der Waals surface area contributed by atoms with E-state index in [1.807, 2.05) is 6.92 Å². The number of rotatable bonds is 7. The Hall–Kier alpha value is -1.07. The van der Waals surface area contributed by atoms with Crippen molar-refractivity contribution in [3.63, 3.8) is 0 Å². The summed E-state index contributed by atoms with van der Waals surface area (Å²) in [6, 6.07) is 1.57. The maximum atomic E-state index is 11.7. The van der Waals surface area contributed by atoms with Crippen LogP contribution in [0.4, 0.5) is 0 Å². The summed E-state index contributed by atoms with van der Waals surface area (Å²) < 4.78 is 9.79. The van der Waals surface area contributed by atoms with Crippen molar-refractivity contribution in [2.45, 2.75) is 20.0 Å². The molecule has 0 spiro atoms. The van der Waals surface area contributed by atoms with Crippen LogP contribution < -0.4 is 5.32 Å². The first-order chi connectivity index (χ1) is 8.17. The summed E-state index contributed by atoms with van der Waals surface area (Å²) in [6.07, 6.45) is 0.871. The number of ether oxygens (including phenoxy) is 1. The second kappa shape index (κ2) is 7.29. The number of amides is 1. The predicted molar refractivity (Wildman–Crippen MR) is 64.1 cm³/mol. The summed E-state index contributed by atoms with van der Waals surface area (Å²) in [5.41, 5.74) is 0.273. The highest BCUT2D eigenvalue weighted by Crippen LogP contribution is 2.06. The van der Waals surface area contributed by atoms with E-state index in [1.54, 1.807) is 13.2 Å². The third-order valence-electron chi connectivity index (χ3n) is 2.29. The zero-order valence-electron chi connectivity index (χ0n) is 10.0. The van der Waals surface area contributed by atoms with Crippen LogP contribution in [0.15, 0.2) is 10.6 Å². The van der Waals surface area contributed by atoms with E-state index >= 15 is 0 Å². The smallest absolute Gasteiger partial charge is 0.273 e. The van der Waals surface area contributed by atoms with E-state index in [9.17, 15) is 4.79 Å². The average molecular weight is 261 g/mol. The predicted octanol–water partition coefficient (Wildman–Crippen LogP) is 1.82. The molecule has 0 aromatic carbocycles. The van der Waals surface area contributed by atoms with Crippen molar-refractivity contribution in [1.29, 1.82) is 0 Å². The molecular formula is C11H17ClN2O3. The summed E-state index contributed by atoms with van der Waals surface area (Å²) in [4.78, 5) is 11.7. The van der Waals surface area contributed by atoms with E-state index in [1.165, 1.54) is 0 Å². The summed E-state index contributed by atoms with van der Waals surface area (Å²) in [7, 11) is 1.55. The van der Waals surface area contributed by atoms with Gasteiger partial charge in [0, 0.05) is 25.6 Å². The van der Waals surface area contributed by atoms with Crippen molar-refractivity contribution in [2.24, 2.45) is 5.92 Å². The van der Waals surface area contributed by atoms with Gasteiger partial charge in [-0.3, -0.25) is 4.79 Å². The lowest BCUT2D eigenvalue weighted by atomic mass is 10.1. The number of nitrogens with zero attached hydrogens (tertiary/aromatic N) is 1. The summed E-state index contributed by atoms with van der Waals surface area (Å²) >= 11 is 5.61. The first-order valence-corrected chi connectivity index (χ1v) is 5.99. The molecule has 0 aliphatic rings. The monoisotopic (exact) mass is 260 g/mol. The lowest BCUT2D eigenvalue weighted by molar-refractivity contribution is 0.0938.